The van der Waals surface area contributed by atoms with Crippen molar-refractivity contribution in [2.45, 2.75) is 33.2 Å². The van der Waals surface area contributed by atoms with Crippen LogP contribution in [-0.2, 0) is 21.4 Å². The third kappa shape index (κ3) is 5.56. The Hall–Kier alpha value is -2.41. The predicted octanol–water partition coefficient (Wildman–Crippen LogP) is 2.56. The minimum Gasteiger partial charge on any atom is -0.352 e. The normalized spacial score (nSPS) is 11.2. The van der Waals surface area contributed by atoms with Crippen molar-refractivity contribution < 1.29 is 13.2 Å². The van der Waals surface area contributed by atoms with Gasteiger partial charge in [-0.3, -0.25) is 14.1 Å². The molecule has 0 aliphatic heterocycles. The average Bonchev–Trinajstić information content (AvgIpc) is 2.60. The Morgan fingerprint density at radius 3 is 2.50 bits per heavy atom. The average molecular weight is 375 g/mol. The summed E-state index contributed by atoms with van der Waals surface area (Å²) < 4.78 is 25.8. The number of amides is 1. The summed E-state index contributed by atoms with van der Waals surface area (Å²) in [5.74, 6) is -0.101. The Morgan fingerprint density at radius 2 is 1.85 bits per heavy atom. The Bertz CT molecular complexity index is 852. The van der Waals surface area contributed by atoms with Crippen LogP contribution in [0.25, 0.3) is 0 Å². The molecule has 140 valence electrons. The van der Waals surface area contributed by atoms with Crippen molar-refractivity contribution >= 4 is 21.6 Å². The maximum absolute atomic E-state index is 12.2. The van der Waals surface area contributed by atoms with Gasteiger partial charge in [0.1, 0.15) is 0 Å². The number of benzene rings is 1. The molecule has 0 aliphatic rings. The molecule has 0 saturated heterocycles. The van der Waals surface area contributed by atoms with Gasteiger partial charge in [-0.15, -0.1) is 0 Å². The van der Waals surface area contributed by atoms with Crippen LogP contribution in [0.2, 0.25) is 0 Å². The number of carbonyl (C=O) groups is 1. The van der Waals surface area contributed by atoms with E-state index in [2.05, 4.69) is 10.3 Å². The van der Waals surface area contributed by atoms with E-state index in [1.807, 2.05) is 38.1 Å². The van der Waals surface area contributed by atoms with Crippen LogP contribution in [-0.4, -0.2) is 32.1 Å². The van der Waals surface area contributed by atoms with E-state index in [1.54, 1.807) is 18.5 Å². The highest BCUT2D eigenvalue weighted by atomic mass is 32.2. The number of aromatic nitrogens is 1. The van der Waals surface area contributed by atoms with Crippen molar-refractivity contribution in [2.75, 3.05) is 17.1 Å². The molecule has 2 rings (SSSR count). The van der Waals surface area contributed by atoms with Crippen LogP contribution in [0.5, 0.6) is 0 Å². The Kier molecular flexibility index (Phi) is 6.74. The molecule has 1 N–H and O–H groups in total. The second-order valence-electron chi connectivity index (χ2n) is 6.29. The highest BCUT2D eigenvalue weighted by Gasteiger charge is 2.19. The first kappa shape index (κ1) is 19.9. The first-order valence-electron chi connectivity index (χ1n) is 8.48. The van der Waals surface area contributed by atoms with E-state index in [0.29, 0.717) is 18.7 Å². The molecule has 0 unspecified atom stereocenters. The molecule has 0 bridgehead atoms. The van der Waals surface area contributed by atoms with Gasteiger partial charge in [0.2, 0.25) is 15.9 Å². The molecular weight excluding hydrogens is 350 g/mol. The molecule has 1 aromatic carbocycles. The van der Waals surface area contributed by atoms with Crippen LogP contribution in [0, 0.1) is 13.8 Å². The predicted molar refractivity (Wildman–Crippen MR) is 103 cm³/mol. The number of hydrogen-bond donors (Lipinski definition) is 1. The lowest BCUT2D eigenvalue weighted by Crippen LogP contribution is -2.32. The molecule has 0 spiro atoms. The maximum atomic E-state index is 12.2. The summed E-state index contributed by atoms with van der Waals surface area (Å²) in [6.07, 6.45) is 5.26. The summed E-state index contributed by atoms with van der Waals surface area (Å²) in [6, 6.07) is 9.27. The zero-order valence-electron chi connectivity index (χ0n) is 15.4. The quantitative estimate of drug-likeness (QED) is 0.769. The van der Waals surface area contributed by atoms with E-state index < -0.39 is 10.0 Å². The van der Waals surface area contributed by atoms with Crippen LogP contribution >= 0.6 is 0 Å². The van der Waals surface area contributed by atoms with Crippen LogP contribution < -0.4 is 9.62 Å². The molecule has 1 heterocycles. The van der Waals surface area contributed by atoms with E-state index in [9.17, 15) is 13.2 Å². The smallest absolute Gasteiger partial charge is 0.232 e. The van der Waals surface area contributed by atoms with Crippen molar-refractivity contribution in [3.05, 3.63) is 59.4 Å². The van der Waals surface area contributed by atoms with Gasteiger partial charge in [-0.1, -0.05) is 12.1 Å². The molecule has 0 aliphatic carbocycles. The van der Waals surface area contributed by atoms with Crippen molar-refractivity contribution in [2.24, 2.45) is 0 Å². The van der Waals surface area contributed by atoms with Gasteiger partial charge in [-0.05, 0) is 55.2 Å². The van der Waals surface area contributed by atoms with E-state index in [4.69, 9.17) is 0 Å². The lowest BCUT2D eigenvalue weighted by molar-refractivity contribution is -0.121. The first-order valence-corrected chi connectivity index (χ1v) is 10.3. The summed E-state index contributed by atoms with van der Waals surface area (Å²) in [4.78, 5) is 15.9. The number of nitrogens with one attached hydrogen (secondary N) is 1. The zero-order chi connectivity index (χ0) is 19.2. The van der Waals surface area contributed by atoms with Crippen LogP contribution in [0.1, 0.15) is 29.5 Å². The first-order chi connectivity index (χ1) is 12.3. The fraction of sp³-hybridized carbons (Fsp3) is 0.368. The molecular formula is C19H25N3O3S. The Morgan fingerprint density at radius 1 is 1.15 bits per heavy atom. The molecule has 0 saturated carbocycles. The van der Waals surface area contributed by atoms with Crippen molar-refractivity contribution in [1.82, 2.24) is 10.3 Å². The molecule has 1 amide bonds. The maximum Gasteiger partial charge on any atom is 0.232 e. The Balaban J connectivity index is 1.94. The minimum absolute atomic E-state index is 0.101. The number of aryl methyl sites for hydroxylation is 1. The number of anilines is 1. The molecule has 6 nitrogen and oxygen atoms in total. The summed E-state index contributed by atoms with van der Waals surface area (Å²) in [5.41, 5.74) is 3.61. The summed E-state index contributed by atoms with van der Waals surface area (Å²) in [7, 11) is -3.42. The van der Waals surface area contributed by atoms with Gasteiger partial charge in [0, 0.05) is 31.9 Å². The van der Waals surface area contributed by atoms with Crippen molar-refractivity contribution in [3.8, 4) is 0 Å². The molecule has 2 aromatic rings. The number of carbonyl (C=O) groups excluding carboxylic acids is 1. The number of nitrogens with zero attached hydrogens (tertiary/aromatic N) is 2. The fourth-order valence-corrected chi connectivity index (χ4v) is 3.66. The van der Waals surface area contributed by atoms with Crippen LogP contribution in [0.3, 0.4) is 0 Å². The second-order valence-corrected chi connectivity index (χ2v) is 8.20. The van der Waals surface area contributed by atoms with E-state index in [1.165, 1.54) is 10.6 Å². The summed E-state index contributed by atoms with van der Waals surface area (Å²) in [5, 5.41) is 2.84. The molecule has 26 heavy (non-hydrogen) atoms. The molecule has 1 aromatic heterocycles. The lowest BCUT2D eigenvalue weighted by atomic mass is 10.1. The molecule has 0 fully saturated rings. The number of rotatable bonds is 8. The third-order valence-electron chi connectivity index (χ3n) is 4.25. The topological polar surface area (TPSA) is 79.4 Å². The monoisotopic (exact) mass is 375 g/mol. The van der Waals surface area contributed by atoms with Crippen molar-refractivity contribution in [3.63, 3.8) is 0 Å². The summed E-state index contributed by atoms with van der Waals surface area (Å²) in [6.45, 7) is 4.57. The largest absolute Gasteiger partial charge is 0.352 e. The van der Waals surface area contributed by atoms with Crippen molar-refractivity contribution in [1.29, 1.82) is 0 Å². The van der Waals surface area contributed by atoms with Gasteiger partial charge >= 0.3 is 0 Å². The Labute approximate surface area is 155 Å². The van der Waals surface area contributed by atoms with E-state index >= 15 is 0 Å². The zero-order valence-corrected chi connectivity index (χ0v) is 16.2. The standard InChI is InChI=1S/C19H25N3O3S/c1-15-6-4-7-18(16(15)2)22(26(3,24)25)13-5-8-19(23)21-14-17-9-11-20-12-10-17/h4,6-7,9-12H,5,8,13-14H2,1-3H3,(H,21,23). The van der Waals surface area contributed by atoms with Gasteiger partial charge in [-0.2, -0.15) is 0 Å². The molecule has 0 atom stereocenters. The molecule has 7 heteroatoms. The minimum atomic E-state index is -3.42. The molecule has 0 radical (unpaired) electrons. The number of pyridine rings is 1. The number of hydrogen-bond acceptors (Lipinski definition) is 4. The van der Waals surface area contributed by atoms with Gasteiger partial charge in [0.05, 0.1) is 11.9 Å². The van der Waals surface area contributed by atoms with Gasteiger partial charge in [-0.25, -0.2) is 8.42 Å². The highest BCUT2D eigenvalue weighted by Crippen LogP contribution is 2.25. The summed E-state index contributed by atoms with van der Waals surface area (Å²) >= 11 is 0. The van der Waals surface area contributed by atoms with Crippen LogP contribution in [0.4, 0.5) is 5.69 Å². The lowest BCUT2D eigenvalue weighted by Gasteiger charge is -2.24. The second kappa shape index (κ2) is 8.80. The van der Waals surface area contributed by atoms with Gasteiger partial charge in [0.25, 0.3) is 0 Å². The van der Waals surface area contributed by atoms with Gasteiger partial charge < -0.3 is 5.32 Å². The third-order valence-corrected chi connectivity index (χ3v) is 5.43. The van der Waals surface area contributed by atoms with Gasteiger partial charge in [0.15, 0.2) is 0 Å². The highest BCUT2D eigenvalue weighted by molar-refractivity contribution is 7.92. The van der Waals surface area contributed by atoms with Crippen LogP contribution in [0.15, 0.2) is 42.7 Å². The SMILES string of the molecule is Cc1cccc(N(CCCC(=O)NCc2ccncc2)S(C)(=O)=O)c1C. The fourth-order valence-electron chi connectivity index (χ4n) is 2.64. The number of sulfonamides is 1. The van der Waals surface area contributed by atoms with E-state index in [0.717, 1.165) is 16.7 Å². The van der Waals surface area contributed by atoms with E-state index in [-0.39, 0.29) is 18.9 Å².